The lowest BCUT2D eigenvalue weighted by Crippen LogP contribution is -2.45. The standard InChI is InChI=1S/C58H113NO4/c1-3-5-7-9-11-13-15-17-19-21-23-25-26-27-28-29-30-31-32-33-35-37-39-41-43-45-47-49-51-55(61)53-58(63)59-56(54-60)57(62)52-50-48-46-44-42-40-38-36-34-24-22-20-18-16-14-12-10-8-6-4-2/h27-28,50,52,55-57,60-62H,3-26,29-49,51,53-54H2,1-2H3,(H,59,63)/b28-27-,52-50+. The highest BCUT2D eigenvalue weighted by Gasteiger charge is 2.20. The first kappa shape index (κ1) is 61.8. The lowest BCUT2D eigenvalue weighted by molar-refractivity contribution is -0.124. The second kappa shape index (κ2) is 53.4. The first-order valence-electron chi connectivity index (χ1n) is 28.6. The average molecular weight is 889 g/mol. The van der Waals surface area contributed by atoms with Crippen molar-refractivity contribution in [1.82, 2.24) is 5.32 Å². The Morgan fingerprint density at radius 2 is 0.667 bits per heavy atom. The van der Waals surface area contributed by atoms with Crippen LogP contribution >= 0.6 is 0 Å². The lowest BCUT2D eigenvalue weighted by atomic mass is 10.0. The van der Waals surface area contributed by atoms with E-state index in [4.69, 9.17) is 0 Å². The zero-order valence-electron chi connectivity index (χ0n) is 42.7. The molecule has 374 valence electrons. The normalized spacial score (nSPS) is 13.4. The van der Waals surface area contributed by atoms with Crippen molar-refractivity contribution in [3.05, 3.63) is 24.3 Å². The Kier molecular flexibility index (Phi) is 52.5. The Morgan fingerprint density at radius 1 is 0.397 bits per heavy atom. The minimum Gasteiger partial charge on any atom is -0.394 e. The largest absolute Gasteiger partial charge is 0.394 e. The van der Waals surface area contributed by atoms with Gasteiger partial charge in [-0.25, -0.2) is 0 Å². The summed E-state index contributed by atoms with van der Waals surface area (Å²) in [6, 6.07) is -0.743. The van der Waals surface area contributed by atoms with E-state index in [0.717, 1.165) is 25.7 Å². The van der Waals surface area contributed by atoms with Crippen molar-refractivity contribution in [3.63, 3.8) is 0 Å². The molecule has 0 radical (unpaired) electrons. The van der Waals surface area contributed by atoms with Crippen molar-refractivity contribution in [1.29, 1.82) is 0 Å². The van der Waals surface area contributed by atoms with Gasteiger partial charge in [0.25, 0.3) is 0 Å². The Bertz CT molecular complexity index is 936. The topological polar surface area (TPSA) is 89.8 Å². The van der Waals surface area contributed by atoms with Crippen LogP contribution < -0.4 is 5.32 Å². The van der Waals surface area contributed by atoms with Crippen molar-refractivity contribution >= 4 is 5.91 Å². The molecule has 3 unspecified atom stereocenters. The zero-order chi connectivity index (χ0) is 45.8. The Labute approximate surface area is 394 Å². The van der Waals surface area contributed by atoms with Gasteiger partial charge in [-0.05, 0) is 44.9 Å². The van der Waals surface area contributed by atoms with Crippen LogP contribution in [-0.2, 0) is 4.79 Å². The molecule has 0 aliphatic carbocycles. The van der Waals surface area contributed by atoms with Crippen LogP contribution in [0.2, 0.25) is 0 Å². The molecular formula is C58H113NO4. The van der Waals surface area contributed by atoms with E-state index in [1.807, 2.05) is 6.08 Å². The summed E-state index contributed by atoms with van der Waals surface area (Å²) in [6.45, 7) is 4.25. The van der Waals surface area contributed by atoms with E-state index in [-0.39, 0.29) is 18.9 Å². The monoisotopic (exact) mass is 888 g/mol. The summed E-state index contributed by atoms with van der Waals surface area (Å²) in [7, 11) is 0. The van der Waals surface area contributed by atoms with Crippen LogP contribution in [-0.4, -0.2) is 46.1 Å². The number of aliphatic hydroxyl groups excluding tert-OH is 3. The molecule has 0 saturated carbocycles. The predicted molar refractivity (Wildman–Crippen MR) is 278 cm³/mol. The molecule has 0 aromatic rings. The van der Waals surface area contributed by atoms with E-state index in [0.29, 0.717) is 6.42 Å². The molecule has 4 N–H and O–H groups in total. The van der Waals surface area contributed by atoms with Crippen LogP contribution in [0.25, 0.3) is 0 Å². The van der Waals surface area contributed by atoms with Crippen molar-refractivity contribution in [2.75, 3.05) is 6.61 Å². The van der Waals surface area contributed by atoms with E-state index < -0.39 is 18.2 Å². The number of nitrogens with one attached hydrogen (secondary N) is 1. The third kappa shape index (κ3) is 50.1. The Balaban J connectivity index is 3.54. The van der Waals surface area contributed by atoms with E-state index >= 15 is 0 Å². The van der Waals surface area contributed by atoms with Gasteiger partial charge in [-0.2, -0.15) is 0 Å². The number of hydrogen-bond donors (Lipinski definition) is 4. The molecular weight excluding hydrogens is 775 g/mol. The van der Waals surface area contributed by atoms with E-state index in [2.05, 4.69) is 31.3 Å². The van der Waals surface area contributed by atoms with E-state index in [1.165, 1.54) is 263 Å². The van der Waals surface area contributed by atoms with Gasteiger partial charge < -0.3 is 20.6 Å². The average Bonchev–Trinajstić information content (AvgIpc) is 3.28. The van der Waals surface area contributed by atoms with Crippen LogP contribution in [0.5, 0.6) is 0 Å². The van der Waals surface area contributed by atoms with Gasteiger partial charge >= 0.3 is 0 Å². The number of rotatable bonds is 53. The number of allylic oxidation sites excluding steroid dienone is 3. The molecule has 1 amide bonds. The Hall–Kier alpha value is -1.17. The van der Waals surface area contributed by atoms with Gasteiger partial charge in [0.2, 0.25) is 5.91 Å². The van der Waals surface area contributed by atoms with Gasteiger partial charge in [0.05, 0.1) is 31.3 Å². The summed E-state index contributed by atoms with van der Waals surface area (Å²) in [6.07, 6.45) is 68.0. The van der Waals surface area contributed by atoms with Gasteiger partial charge in [0.1, 0.15) is 0 Å². The smallest absolute Gasteiger partial charge is 0.222 e. The highest BCUT2D eigenvalue weighted by Crippen LogP contribution is 2.17. The molecule has 0 fully saturated rings. The van der Waals surface area contributed by atoms with Gasteiger partial charge in [0, 0.05) is 0 Å². The SMILES string of the molecule is CCCCCCCCCCCCCC/C=C\CCCCCCCCCCCCCCC(O)CC(=O)NC(CO)C(O)/C=C/CCCCCCCCCCCCCCCCCCCC. The zero-order valence-corrected chi connectivity index (χ0v) is 42.7. The molecule has 0 saturated heterocycles. The lowest BCUT2D eigenvalue weighted by Gasteiger charge is -2.21. The summed E-state index contributed by atoms with van der Waals surface area (Å²) in [5.74, 6) is -0.311. The van der Waals surface area contributed by atoms with Gasteiger partial charge in [-0.1, -0.05) is 289 Å². The first-order valence-corrected chi connectivity index (χ1v) is 28.6. The predicted octanol–water partition coefficient (Wildman–Crippen LogP) is 17.7. The van der Waals surface area contributed by atoms with E-state index in [1.54, 1.807) is 6.08 Å². The summed E-state index contributed by atoms with van der Waals surface area (Å²) in [5, 5.41) is 33.5. The molecule has 63 heavy (non-hydrogen) atoms. The summed E-state index contributed by atoms with van der Waals surface area (Å²) < 4.78 is 0. The summed E-state index contributed by atoms with van der Waals surface area (Å²) in [4.78, 5) is 12.5. The first-order chi connectivity index (χ1) is 31.0. The van der Waals surface area contributed by atoms with Gasteiger partial charge in [-0.3, -0.25) is 4.79 Å². The highest BCUT2D eigenvalue weighted by molar-refractivity contribution is 5.76. The number of hydrogen-bond acceptors (Lipinski definition) is 4. The van der Waals surface area contributed by atoms with Crippen molar-refractivity contribution in [2.24, 2.45) is 0 Å². The van der Waals surface area contributed by atoms with Gasteiger partial charge in [-0.15, -0.1) is 0 Å². The second-order valence-electron chi connectivity index (χ2n) is 19.9. The molecule has 0 aromatic carbocycles. The maximum absolute atomic E-state index is 12.5. The molecule has 0 spiro atoms. The molecule has 3 atom stereocenters. The van der Waals surface area contributed by atoms with E-state index in [9.17, 15) is 20.1 Å². The third-order valence-electron chi connectivity index (χ3n) is 13.5. The molecule has 0 aliphatic heterocycles. The number of carbonyl (C=O) groups is 1. The fourth-order valence-corrected chi connectivity index (χ4v) is 9.10. The molecule has 0 aliphatic rings. The molecule has 5 nitrogen and oxygen atoms in total. The van der Waals surface area contributed by atoms with Crippen molar-refractivity contribution < 1.29 is 20.1 Å². The molecule has 5 heteroatoms. The quantitative estimate of drug-likeness (QED) is 0.0362. The third-order valence-corrected chi connectivity index (χ3v) is 13.5. The molecule has 0 aromatic heterocycles. The number of amides is 1. The maximum Gasteiger partial charge on any atom is 0.222 e. The molecule has 0 heterocycles. The minimum atomic E-state index is -0.928. The number of carbonyl (C=O) groups excluding carboxylic acids is 1. The van der Waals surface area contributed by atoms with Crippen LogP contribution in [0.3, 0.4) is 0 Å². The highest BCUT2D eigenvalue weighted by atomic mass is 16.3. The van der Waals surface area contributed by atoms with Crippen LogP contribution in [0.15, 0.2) is 24.3 Å². The molecule has 0 rings (SSSR count). The van der Waals surface area contributed by atoms with Crippen LogP contribution in [0, 0.1) is 0 Å². The summed E-state index contributed by atoms with van der Waals surface area (Å²) >= 11 is 0. The van der Waals surface area contributed by atoms with Crippen LogP contribution in [0.4, 0.5) is 0 Å². The second-order valence-corrected chi connectivity index (χ2v) is 19.9. The summed E-state index contributed by atoms with van der Waals surface area (Å²) in [5.41, 5.74) is 0. The van der Waals surface area contributed by atoms with Crippen LogP contribution in [0.1, 0.15) is 316 Å². The molecule has 0 bridgehead atoms. The minimum absolute atomic E-state index is 0.0163. The van der Waals surface area contributed by atoms with Crippen molar-refractivity contribution in [2.45, 2.75) is 334 Å². The fourth-order valence-electron chi connectivity index (χ4n) is 9.10. The fraction of sp³-hybridized carbons (Fsp3) is 0.914. The number of aliphatic hydroxyl groups is 3. The number of unbranched alkanes of at least 4 members (excludes halogenated alkanes) is 42. The Morgan fingerprint density at radius 3 is 0.968 bits per heavy atom. The van der Waals surface area contributed by atoms with Crippen molar-refractivity contribution in [3.8, 4) is 0 Å². The maximum atomic E-state index is 12.5. The van der Waals surface area contributed by atoms with Gasteiger partial charge in [0.15, 0.2) is 0 Å².